The predicted octanol–water partition coefficient (Wildman–Crippen LogP) is 5.04. The van der Waals surface area contributed by atoms with Gasteiger partial charge in [0.2, 0.25) is 0 Å². The van der Waals surface area contributed by atoms with Crippen LogP contribution in [0.2, 0.25) is 0 Å². The Labute approximate surface area is 118 Å². The van der Waals surface area contributed by atoms with Crippen LogP contribution in [0.25, 0.3) is 0 Å². The highest BCUT2D eigenvalue weighted by Crippen LogP contribution is 2.36. The predicted molar refractivity (Wildman–Crippen MR) is 73.4 cm³/mol. The Balaban J connectivity index is 1.77. The minimum absolute atomic E-state index is 0.424. The molecular weight excluding hydrogens is 265 g/mol. The first-order chi connectivity index (χ1) is 9.48. The maximum Gasteiger partial charge on any atom is 0.411 e. The second-order valence-electron chi connectivity index (χ2n) is 5.89. The van der Waals surface area contributed by atoms with E-state index in [-0.39, 0.29) is 0 Å². The van der Waals surface area contributed by atoms with Crippen LogP contribution in [0.1, 0.15) is 45.4 Å². The molecule has 1 atom stereocenters. The third kappa shape index (κ3) is 4.65. The van der Waals surface area contributed by atoms with Crippen LogP contribution in [0.4, 0.5) is 13.2 Å². The third-order valence-electron chi connectivity index (χ3n) is 4.45. The van der Waals surface area contributed by atoms with Crippen LogP contribution in [0.15, 0.2) is 23.8 Å². The van der Waals surface area contributed by atoms with Crippen LogP contribution >= 0.6 is 0 Å². The summed E-state index contributed by atoms with van der Waals surface area (Å²) in [4.78, 5) is 0. The van der Waals surface area contributed by atoms with Gasteiger partial charge in [0.1, 0.15) is 6.61 Å². The smallest absolute Gasteiger partial charge is 0.364 e. The Morgan fingerprint density at radius 2 is 1.90 bits per heavy atom. The van der Waals surface area contributed by atoms with Crippen molar-refractivity contribution in [2.45, 2.75) is 57.7 Å². The molecule has 1 fully saturated rings. The van der Waals surface area contributed by atoms with E-state index in [0.717, 1.165) is 5.92 Å². The molecule has 0 aliphatic heterocycles. The first-order valence-corrected chi connectivity index (χ1v) is 7.54. The molecule has 1 unspecified atom stereocenters. The molecule has 114 valence electrons. The van der Waals surface area contributed by atoms with E-state index in [1.807, 2.05) is 6.08 Å². The average Bonchev–Trinajstić information content (AvgIpc) is 2.45. The monoisotopic (exact) mass is 288 g/mol. The lowest BCUT2D eigenvalue weighted by molar-refractivity contribution is -0.180. The Morgan fingerprint density at radius 1 is 1.20 bits per heavy atom. The van der Waals surface area contributed by atoms with Crippen LogP contribution in [0.3, 0.4) is 0 Å². The zero-order valence-corrected chi connectivity index (χ0v) is 12.0. The van der Waals surface area contributed by atoms with Gasteiger partial charge in [-0.2, -0.15) is 13.2 Å². The summed E-state index contributed by atoms with van der Waals surface area (Å²) < 4.78 is 41.1. The molecule has 2 aliphatic rings. The number of rotatable bonds is 4. The SMILES string of the molecule is CC[C@H]1CC[C@H](C2=CCC(OCC(F)(F)F)C=C2)CC1. The van der Waals surface area contributed by atoms with E-state index < -0.39 is 18.9 Å². The number of halogens is 3. The molecule has 20 heavy (non-hydrogen) atoms. The van der Waals surface area contributed by atoms with Gasteiger partial charge < -0.3 is 4.74 Å². The number of alkyl halides is 3. The van der Waals surface area contributed by atoms with E-state index >= 15 is 0 Å². The minimum Gasteiger partial charge on any atom is -0.364 e. The molecule has 0 bridgehead atoms. The summed E-state index contributed by atoms with van der Waals surface area (Å²) in [6, 6.07) is 0. The molecule has 0 saturated heterocycles. The Kier molecular flexibility index (Phi) is 5.30. The zero-order valence-electron chi connectivity index (χ0n) is 12.0. The Hall–Kier alpha value is -0.770. The molecule has 1 saturated carbocycles. The topological polar surface area (TPSA) is 9.23 Å². The summed E-state index contributed by atoms with van der Waals surface area (Å²) in [6.45, 7) is 1.08. The highest BCUT2D eigenvalue weighted by Gasteiger charge is 2.29. The van der Waals surface area contributed by atoms with Crippen molar-refractivity contribution in [1.82, 2.24) is 0 Å². The summed E-state index contributed by atoms with van der Waals surface area (Å²) in [6.07, 6.45) is 7.96. The molecule has 0 aromatic carbocycles. The van der Waals surface area contributed by atoms with Gasteiger partial charge in [-0.05, 0) is 49.5 Å². The first kappa shape index (κ1) is 15.6. The molecule has 0 aromatic rings. The van der Waals surface area contributed by atoms with E-state index in [2.05, 4.69) is 13.0 Å². The van der Waals surface area contributed by atoms with Crippen molar-refractivity contribution in [3.63, 3.8) is 0 Å². The lowest BCUT2D eigenvalue weighted by Gasteiger charge is -2.30. The van der Waals surface area contributed by atoms with Crippen molar-refractivity contribution in [3.8, 4) is 0 Å². The van der Waals surface area contributed by atoms with Crippen LogP contribution in [-0.4, -0.2) is 18.9 Å². The standard InChI is InChI=1S/C16H23F3O/c1-2-12-3-5-13(6-4-12)14-7-9-15(10-8-14)20-11-16(17,18)19/h7-9,12-13,15H,2-6,10-11H2,1H3/t12-,13-,15?. The normalized spacial score (nSPS) is 31.2. The molecule has 0 heterocycles. The van der Waals surface area contributed by atoms with Crippen LogP contribution in [0, 0.1) is 11.8 Å². The second kappa shape index (κ2) is 6.79. The van der Waals surface area contributed by atoms with Crippen LogP contribution < -0.4 is 0 Å². The molecule has 0 radical (unpaired) electrons. The fourth-order valence-electron chi connectivity index (χ4n) is 3.15. The summed E-state index contributed by atoms with van der Waals surface area (Å²) in [5.74, 6) is 1.46. The molecule has 1 nitrogen and oxygen atoms in total. The maximum absolute atomic E-state index is 12.1. The van der Waals surface area contributed by atoms with Gasteiger partial charge in [0.25, 0.3) is 0 Å². The van der Waals surface area contributed by atoms with Crippen molar-refractivity contribution >= 4 is 0 Å². The number of ether oxygens (including phenoxy) is 1. The molecule has 0 N–H and O–H groups in total. The lowest BCUT2D eigenvalue weighted by Crippen LogP contribution is -2.23. The van der Waals surface area contributed by atoms with E-state index in [1.165, 1.54) is 37.7 Å². The fourth-order valence-corrected chi connectivity index (χ4v) is 3.15. The fraction of sp³-hybridized carbons (Fsp3) is 0.750. The van der Waals surface area contributed by atoms with Gasteiger partial charge in [-0.3, -0.25) is 0 Å². The summed E-state index contributed by atoms with van der Waals surface area (Å²) >= 11 is 0. The maximum atomic E-state index is 12.1. The highest BCUT2D eigenvalue weighted by atomic mass is 19.4. The highest BCUT2D eigenvalue weighted by molar-refractivity contribution is 5.27. The second-order valence-corrected chi connectivity index (χ2v) is 5.89. The van der Waals surface area contributed by atoms with Crippen molar-refractivity contribution in [2.24, 2.45) is 11.8 Å². The molecule has 2 aliphatic carbocycles. The van der Waals surface area contributed by atoms with E-state index in [0.29, 0.717) is 12.3 Å². The van der Waals surface area contributed by atoms with Crippen molar-refractivity contribution in [2.75, 3.05) is 6.61 Å². The van der Waals surface area contributed by atoms with E-state index in [9.17, 15) is 13.2 Å². The lowest BCUT2D eigenvalue weighted by atomic mass is 9.76. The summed E-state index contributed by atoms with van der Waals surface area (Å²) in [5, 5.41) is 0. The van der Waals surface area contributed by atoms with Crippen molar-refractivity contribution in [3.05, 3.63) is 23.8 Å². The molecular formula is C16H23F3O. The van der Waals surface area contributed by atoms with Gasteiger partial charge in [-0.25, -0.2) is 0 Å². The Morgan fingerprint density at radius 3 is 2.40 bits per heavy atom. The number of hydrogen-bond donors (Lipinski definition) is 0. The van der Waals surface area contributed by atoms with E-state index in [1.54, 1.807) is 6.08 Å². The van der Waals surface area contributed by atoms with E-state index in [4.69, 9.17) is 4.74 Å². The molecule has 4 heteroatoms. The zero-order chi connectivity index (χ0) is 14.6. The third-order valence-corrected chi connectivity index (χ3v) is 4.45. The average molecular weight is 288 g/mol. The van der Waals surface area contributed by atoms with Crippen molar-refractivity contribution in [1.29, 1.82) is 0 Å². The van der Waals surface area contributed by atoms with Gasteiger partial charge in [-0.1, -0.05) is 31.6 Å². The van der Waals surface area contributed by atoms with Gasteiger partial charge in [0.15, 0.2) is 0 Å². The van der Waals surface area contributed by atoms with Crippen molar-refractivity contribution < 1.29 is 17.9 Å². The van der Waals surface area contributed by atoms with Gasteiger partial charge in [0.05, 0.1) is 6.10 Å². The summed E-state index contributed by atoms with van der Waals surface area (Å²) in [5.41, 5.74) is 1.30. The molecule has 2 rings (SSSR count). The Bertz CT molecular complexity index is 362. The van der Waals surface area contributed by atoms with Crippen LogP contribution in [0.5, 0.6) is 0 Å². The number of hydrogen-bond acceptors (Lipinski definition) is 1. The van der Waals surface area contributed by atoms with Gasteiger partial charge >= 0.3 is 6.18 Å². The largest absolute Gasteiger partial charge is 0.411 e. The first-order valence-electron chi connectivity index (χ1n) is 7.54. The van der Waals surface area contributed by atoms with Gasteiger partial charge in [-0.15, -0.1) is 0 Å². The van der Waals surface area contributed by atoms with Crippen LogP contribution in [-0.2, 0) is 4.74 Å². The molecule has 0 spiro atoms. The minimum atomic E-state index is -4.24. The van der Waals surface area contributed by atoms with Gasteiger partial charge in [0, 0.05) is 0 Å². The molecule has 0 amide bonds. The quantitative estimate of drug-likeness (QED) is 0.704. The molecule has 0 aromatic heterocycles. The summed E-state index contributed by atoms with van der Waals surface area (Å²) in [7, 11) is 0. The number of allylic oxidation sites excluding steroid dienone is 2.